The highest BCUT2D eigenvalue weighted by Gasteiger charge is 2.20. The zero-order chi connectivity index (χ0) is 12.3. The second kappa shape index (κ2) is 5.40. The number of hydrogen-bond acceptors (Lipinski definition) is 5. The van der Waals surface area contributed by atoms with E-state index in [0.717, 1.165) is 23.9 Å². The monoisotopic (exact) mass is 252 g/mol. The molecule has 2 rings (SSSR count). The van der Waals surface area contributed by atoms with Crippen LogP contribution < -0.4 is 4.90 Å². The molecule has 0 spiro atoms. The molecule has 17 heavy (non-hydrogen) atoms. The molecule has 1 unspecified atom stereocenters. The number of ether oxygens (including phenoxy) is 1. The first-order valence-electron chi connectivity index (χ1n) is 5.61. The van der Waals surface area contributed by atoms with E-state index in [2.05, 4.69) is 16.8 Å². The fourth-order valence-electron chi connectivity index (χ4n) is 1.89. The van der Waals surface area contributed by atoms with Gasteiger partial charge in [-0.25, -0.2) is 9.78 Å². The second-order valence-electron chi connectivity index (χ2n) is 4.01. The van der Waals surface area contributed by atoms with Crippen LogP contribution in [0.1, 0.15) is 17.3 Å². The standard InChI is InChI=1S/C12H16N2O2S/c1-9-8-17-6-5-14(9)11-7-10(3-4-13-11)12(15)16-2/h3-4,7,9H,5-6,8H2,1-2H3. The Balaban J connectivity index is 2.23. The van der Waals surface area contributed by atoms with E-state index in [1.165, 1.54) is 7.11 Å². The number of hydrogen-bond donors (Lipinski definition) is 0. The SMILES string of the molecule is COC(=O)c1ccnc(N2CCSCC2C)c1. The average molecular weight is 252 g/mol. The topological polar surface area (TPSA) is 42.4 Å². The second-order valence-corrected chi connectivity index (χ2v) is 5.16. The summed E-state index contributed by atoms with van der Waals surface area (Å²) in [5.74, 6) is 2.76. The molecule has 4 nitrogen and oxygen atoms in total. The predicted octanol–water partition coefficient (Wildman–Crippen LogP) is 1.81. The molecule has 1 aromatic heterocycles. The van der Waals surface area contributed by atoms with Crippen molar-refractivity contribution in [2.75, 3.05) is 30.1 Å². The molecular weight excluding hydrogens is 236 g/mol. The maximum atomic E-state index is 11.5. The molecule has 1 fully saturated rings. The highest BCUT2D eigenvalue weighted by atomic mass is 32.2. The summed E-state index contributed by atoms with van der Waals surface area (Å²) in [6.45, 7) is 3.15. The van der Waals surface area contributed by atoms with Crippen LogP contribution in [0.5, 0.6) is 0 Å². The van der Waals surface area contributed by atoms with Crippen LogP contribution in [-0.4, -0.2) is 42.2 Å². The third-order valence-corrected chi connectivity index (χ3v) is 4.02. The van der Waals surface area contributed by atoms with Crippen molar-refractivity contribution in [3.8, 4) is 0 Å². The summed E-state index contributed by atoms with van der Waals surface area (Å²) in [6, 6.07) is 3.94. The molecule has 0 bridgehead atoms. The number of methoxy groups -OCH3 is 1. The Kier molecular flexibility index (Phi) is 3.89. The molecular formula is C12H16N2O2S. The van der Waals surface area contributed by atoms with E-state index >= 15 is 0 Å². The number of thioether (sulfide) groups is 1. The Morgan fingerprint density at radius 3 is 3.18 bits per heavy atom. The molecule has 5 heteroatoms. The van der Waals surface area contributed by atoms with Crippen molar-refractivity contribution in [3.05, 3.63) is 23.9 Å². The van der Waals surface area contributed by atoms with Gasteiger partial charge in [0.25, 0.3) is 0 Å². The summed E-state index contributed by atoms with van der Waals surface area (Å²) >= 11 is 1.96. The Labute approximate surface area is 105 Å². The summed E-state index contributed by atoms with van der Waals surface area (Å²) in [4.78, 5) is 18.0. The zero-order valence-corrected chi connectivity index (χ0v) is 10.9. The maximum absolute atomic E-state index is 11.5. The molecule has 2 heterocycles. The van der Waals surface area contributed by atoms with Crippen LogP contribution in [0.4, 0.5) is 5.82 Å². The number of aromatic nitrogens is 1. The molecule has 1 saturated heterocycles. The normalized spacial score (nSPS) is 20.1. The van der Waals surface area contributed by atoms with Gasteiger partial charge in [-0.3, -0.25) is 0 Å². The summed E-state index contributed by atoms with van der Waals surface area (Å²) in [5, 5.41) is 0. The number of carbonyl (C=O) groups is 1. The fourth-order valence-corrected chi connectivity index (χ4v) is 2.90. The van der Waals surface area contributed by atoms with Gasteiger partial charge in [0.05, 0.1) is 12.7 Å². The molecule has 0 N–H and O–H groups in total. The minimum atomic E-state index is -0.312. The lowest BCUT2D eigenvalue weighted by atomic mass is 10.2. The third-order valence-electron chi connectivity index (χ3n) is 2.83. The van der Waals surface area contributed by atoms with Crippen LogP contribution >= 0.6 is 11.8 Å². The van der Waals surface area contributed by atoms with Crippen LogP contribution in [-0.2, 0) is 4.74 Å². The van der Waals surface area contributed by atoms with Gasteiger partial charge in [0.2, 0.25) is 0 Å². The van der Waals surface area contributed by atoms with E-state index in [9.17, 15) is 4.79 Å². The maximum Gasteiger partial charge on any atom is 0.338 e. The van der Waals surface area contributed by atoms with Gasteiger partial charge in [-0.1, -0.05) is 0 Å². The summed E-state index contributed by atoms with van der Waals surface area (Å²) in [6.07, 6.45) is 1.66. The molecule has 92 valence electrons. The van der Waals surface area contributed by atoms with E-state index in [-0.39, 0.29) is 5.97 Å². The van der Waals surface area contributed by atoms with Crippen LogP contribution in [0.2, 0.25) is 0 Å². The van der Waals surface area contributed by atoms with Crippen LogP contribution in [0.15, 0.2) is 18.3 Å². The Hall–Kier alpha value is -1.23. The number of esters is 1. The van der Waals surface area contributed by atoms with Crippen molar-refractivity contribution in [3.63, 3.8) is 0 Å². The van der Waals surface area contributed by atoms with Gasteiger partial charge in [-0.15, -0.1) is 0 Å². The molecule has 1 atom stereocenters. The minimum Gasteiger partial charge on any atom is -0.465 e. The van der Waals surface area contributed by atoms with Crippen molar-refractivity contribution < 1.29 is 9.53 Å². The number of carbonyl (C=O) groups excluding carboxylic acids is 1. The highest BCUT2D eigenvalue weighted by Crippen LogP contribution is 2.22. The number of nitrogens with zero attached hydrogens (tertiary/aromatic N) is 2. The lowest BCUT2D eigenvalue weighted by molar-refractivity contribution is 0.0600. The summed E-state index contributed by atoms with van der Waals surface area (Å²) in [5.41, 5.74) is 0.558. The van der Waals surface area contributed by atoms with Gasteiger partial charge in [-0.05, 0) is 19.1 Å². The van der Waals surface area contributed by atoms with E-state index < -0.39 is 0 Å². The lowest BCUT2D eigenvalue weighted by Gasteiger charge is -2.34. The average Bonchev–Trinajstić information content (AvgIpc) is 2.38. The zero-order valence-electron chi connectivity index (χ0n) is 10.0. The molecule has 1 aliphatic heterocycles. The summed E-state index contributed by atoms with van der Waals surface area (Å²) < 4.78 is 4.72. The molecule has 1 aromatic rings. The number of rotatable bonds is 2. The van der Waals surface area contributed by atoms with E-state index in [0.29, 0.717) is 11.6 Å². The fraction of sp³-hybridized carbons (Fsp3) is 0.500. The molecule has 0 aliphatic carbocycles. The first-order chi connectivity index (χ1) is 8.22. The third kappa shape index (κ3) is 2.72. The molecule has 0 saturated carbocycles. The number of anilines is 1. The quantitative estimate of drug-likeness (QED) is 0.751. The van der Waals surface area contributed by atoms with Crippen molar-refractivity contribution >= 4 is 23.5 Å². The summed E-state index contributed by atoms with van der Waals surface area (Å²) in [7, 11) is 1.39. The Morgan fingerprint density at radius 2 is 2.47 bits per heavy atom. The predicted molar refractivity (Wildman–Crippen MR) is 69.7 cm³/mol. The first kappa shape index (κ1) is 12.2. The van der Waals surface area contributed by atoms with Crippen LogP contribution in [0.25, 0.3) is 0 Å². The van der Waals surface area contributed by atoms with Gasteiger partial charge in [0.1, 0.15) is 5.82 Å². The van der Waals surface area contributed by atoms with Gasteiger partial charge in [0.15, 0.2) is 0 Å². The minimum absolute atomic E-state index is 0.312. The van der Waals surface area contributed by atoms with Gasteiger partial charge in [0, 0.05) is 30.3 Å². The van der Waals surface area contributed by atoms with Crippen molar-refractivity contribution in [2.45, 2.75) is 13.0 Å². The van der Waals surface area contributed by atoms with Crippen molar-refractivity contribution in [2.24, 2.45) is 0 Å². The molecule has 0 radical (unpaired) electrons. The van der Waals surface area contributed by atoms with E-state index in [1.807, 2.05) is 11.8 Å². The van der Waals surface area contributed by atoms with Crippen molar-refractivity contribution in [1.29, 1.82) is 0 Å². The molecule has 1 aliphatic rings. The molecule has 0 aromatic carbocycles. The Morgan fingerprint density at radius 1 is 1.65 bits per heavy atom. The highest BCUT2D eigenvalue weighted by molar-refractivity contribution is 7.99. The van der Waals surface area contributed by atoms with Crippen LogP contribution in [0.3, 0.4) is 0 Å². The van der Waals surface area contributed by atoms with E-state index in [4.69, 9.17) is 4.74 Å². The van der Waals surface area contributed by atoms with Crippen molar-refractivity contribution in [1.82, 2.24) is 4.98 Å². The van der Waals surface area contributed by atoms with Crippen LogP contribution in [0, 0.1) is 0 Å². The molecule has 0 amide bonds. The first-order valence-corrected chi connectivity index (χ1v) is 6.76. The van der Waals surface area contributed by atoms with E-state index in [1.54, 1.807) is 18.3 Å². The van der Waals surface area contributed by atoms with Gasteiger partial charge >= 0.3 is 5.97 Å². The Bertz CT molecular complexity index is 411. The van der Waals surface area contributed by atoms with Gasteiger partial charge < -0.3 is 9.64 Å². The lowest BCUT2D eigenvalue weighted by Crippen LogP contribution is -2.40. The largest absolute Gasteiger partial charge is 0.465 e. The van der Waals surface area contributed by atoms with Gasteiger partial charge in [-0.2, -0.15) is 11.8 Å². The number of pyridine rings is 1. The smallest absolute Gasteiger partial charge is 0.338 e.